The monoisotopic (exact) mass is 604 g/mol. The van der Waals surface area contributed by atoms with Gasteiger partial charge in [0.25, 0.3) is 5.69 Å². The highest BCUT2D eigenvalue weighted by Gasteiger charge is 2.43. The molecule has 0 saturated carbocycles. The Morgan fingerprint density at radius 2 is 1.86 bits per heavy atom. The van der Waals surface area contributed by atoms with E-state index in [9.17, 15) is 10.1 Å². The number of rotatable bonds is 7. The van der Waals surface area contributed by atoms with Crippen molar-refractivity contribution in [3.05, 3.63) is 95.9 Å². The third kappa shape index (κ3) is 4.74. The van der Waals surface area contributed by atoms with Gasteiger partial charge in [-0.15, -0.1) is 0 Å². The lowest BCUT2D eigenvalue weighted by molar-refractivity contribution is -0.385. The third-order valence-electron chi connectivity index (χ3n) is 6.85. The number of nitrogens with zero attached hydrogens (tertiary/aromatic N) is 1. The van der Waals surface area contributed by atoms with Crippen LogP contribution in [0.3, 0.4) is 0 Å². The van der Waals surface area contributed by atoms with Gasteiger partial charge in [-0.3, -0.25) is 10.1 Å². The Kier molecular flexibility index (Phi) is 7.25. The average Bonchev–Trinajstić information content (AvgIpc) is 3.38. The van der Waals surface area contributed by atoms with E-state index in [1.54, 1.807) is 32.4 Å². The second kappa shape index (κ2) is 10.4. The second-order valence-electron chi connectivity index (χ2n) is 8.88. The number of hydrogen-bond acceptors (Lipinski definition) is 6. The number of fused-ring (bicyclic) bond motifs is 3. The fourth-order valence-corrected chi connectivity index (χ4v) is 6.06. The summed E-state index contributed by atoms with van der Waals surface area (Å²) in [6.45, 7) is 0.274. The Morgan fingerprint density at radius 3 is 2.57 bits per heavy atom. The number of nitrogens with one attached hydrogen (secondary N) is 1. The maximum Gasteiger partial charge on any atom is 0.275 e. The molecule has 192 valence electrons. The first-order valence-electron chi connectivity index (χ1n) is 11.5. The van der Waals surface area contributed by atoms with Crippen molar-refractivity contribution >= 4 is 50.5 Å². The van der Waals surface area contributed by atoms with E-state index < -0.39 is 0 Å². The molecule has 5 rings (SSSR count). The summed E-state index contributed by atoms with van der Waals surface area (Å²) < 4.78 is 18.1. The van der Waals surface area contributed by atoms with Crippen molar-refractivity contribution < 1.29 is 19.1 Å². The van der Waals surface area contributed by atoms with E-state index >= 15 is 0 Å². The van der Waals surface area contributed by atoms with Crippen molar-refractivity contribution in [2.45, 2.75) is 25.0 Å². The van der Waals surface area contributed by atoms with Gasteiger partial charge in [-0.25, -0.2) is 0 Å². The van der Waals surface area contributed by atoms with Crippen LogP contribution in [0.1, 0.15) is 35.1 Å². The van der Waals surface area contributed by atoms with E-state index in [1.807, 2.05) is 18.2 Å². The molecule has 3 aromatic carbocycles. The van der Waals surface area contributed by atoms with Gasteiger partial charge in [-0.05, 0) is 69.7 Å². The van der Waals surface area contributed by atoms with E-state index in [0.717, 1.165) is 22.0 Å². The molecule has 3 atom stereocenters. The summed E-state index contributed by atoms with van der Waals surface area (Å²) in [5.41, 5.74) is 3.22. The highest BCUT2D eigenvalue weighted by Crippen LogP contribution is 2.55. The molecule has 0 bridgehead atoms. The van der Waals surface area contributed by atoms with Gasteiger partial charge >= 0.3 is 0 Å². The lowest BCUT2D eigenvalue weighted by Crippen LogP contribution is -2.30. The number of halogens is 3. The maximum absolute atomic E-state index is 11.8. The Balaban J connectivity index is 1.50. The molecule has 0 saturated heterocycles. The molecule has 2 aliphatic rings. The zero-order valence-corrected chi connectivity index (χ0v) is 23.1. The fourth-order valence-electron chi connectivity index (χ4n) is 5.17. The summed E-state index contributed by atoms with van der Waals surface area (Å²) in [5, 5.41) is 16.3. The van der Waals surface area contributed by atoms with Crippen molar-refractivity contribution in [3.8, 4) is 17.2 Å². The van der Waals surface area contributed by atoms with Gasteiger partial charge in [0.15, 0.2) is 11.5 Å². The van der Waals surface area contributed by atoms with Crippen LogP contribution in [0.4, 0.5) is 11.4 Å². The first-order chi connectivity index (χ1) is 17.8. The molecular formula is C27H23BrCl2N2O5. The van der Waals surface area contributed by atoms with Gasteiger partial charge in [0.05, 0.1) is 51.0 Å². The van der Waals surface area contributed by atoms with Crippen LogP contribution in [0.25, 0.3) is 0 Å². The molecule has 0 aromatic heterocycles. The molecular weight excluding hydrogens is 583 g/mol. The molecule has 3 aromatic rings. The number of benzene rings is 3. The summed E-state index contributed by atoms with van der Waals surface area (Å²) in [6, 6.07) is 12.3. The van der Waals surface area contributed by atoms with E-state index in [-0.39, 0.29) is 35.1 Å². The predicted octanol–water partition coefficient (Wildman–Crippen LogP) is 8.09. The molecule has 1 aliphatic heterocycles. The van der Waals surface area contributed by atoms with Gasteiger partial charge < -0.3 is 19.5 Å². The normalized spacial score (nSPS) is 19.5. The molecule has 0 radical (unpaired) electrons. The number of allylic oxidation sites excluding steroid dienone is 2. The van der Waals surface area contributed by atoms with Gasteiger partial charge in [0, 0.05) is 12.0 Å². The Morgan fingerprint density at radius 1 is 1.08 bits per heavy atom. The standard InChI is InChI=1S/C27H23BrCl2N2O5/c1-35-22-9-8-21(32(33)34)24-16-4-3-5-17(16)25(31-26(22)24)15-11-18(28)27(23(12-15)36-2)37-13-14-6-7-19(29)20(30)10-14/h3-4,6-12,16-17,25,31H,5,13H2,1-2H3/t16-,17-,25+/m0/s1. The number of hydrogen-bond donors (Lipinski definition) is 1. The lowest BCUT2D eigenvalue weighted by atomic mass is 9.76. The van der Waals surface area contributed by atoms with Crippen LogP contribution in [0.2, 0.25) is 10.0 Å². The smallest absolute Gasteiger partial charge is 0.275 e. The quantitative estimate of drug-likeness (QED) is 0.166. The molecule has 0 amide bonds. The molecule has 1 aliphatic carbocycles. The SMILES string of the molecule is COc1ccc([N+](=O)[O-])c2c1N[C@H](c1cc(Br)c(OCc3ccc(Cl)c(Cl)c3)c(OC)c1)[C@H]1CC=C[C@H]21. The molecule has 0 fully saturated rings. The molecule has 0 spiro atoms. The van der Waals surface area contributed by atoms with Crippen LogP contribution >= 0.6 is 39.1 Å². The lowest BCUT2D eigenvalue weighted by Gasteiger charge is -2.38. The summed E-state index contributed by atoms with van der Waals surface area (Å²) in [7, 11) is 3.15. The summed E-state index contributed by atoms with van der Waals surface area (Å²) in [4.78, 5) is 11.5. The van der Waals surface area contributed by atoms with Crippen molar-refractivity contribution in [2.24, 2.45) is 5.92 Å². The van der Waals surface area contributed by atoms with Gasteiger partial charge in [-0.2, -0.15) is 0 Å². The van der Waals surface area contributed by atoms with Gasteiger partial charge in [-0.1, -0.05) is 41.4 Å². The summed E-state index contributed by atoms with van der Waals surface area (Å²) >= 11 is 15.8. The first kappa shape index (κ1) is 25.7. The number of ether oxygens (including phenoxy) is 3. The van der Waals surface area contributed by atoms with Crippen LogP contribution in [-0.4, -0.2) is 19.1 Å². The molecule has 10 heteroatoms. The highest BCUT2D eigenvalue weighted by atomic mass is 79.9. The minimum Gasteiger partial charge on any atom is -0.495 e. The van der Waals surface area contributed by atoms with Crippen molar-refractivity contribution in [1.29, 1.82) is 0 Å². The Bertz CT molecular complexity index is 1410. The first-order valence-corrected chi connectivity index (χ1v) is 13.1. The average molecular weight is 606 g/mol. The van der Waals surface area contributed by atoms with E-state index in [4.69, 9.17) is 37.4 Å². The van der Waals surface area contributed by atoms with Crippen molar-refractivity contribution in [2.75, 3.05) is 19.5 Å². The summed E-state index contributed by atoms with van der Waals surface area (Å²) in [6.07, 6.45) is 4.93. The third-order valence-corrected chi connectivity index (χ3v) is 8.18. The molecule has 0 unspecified atom stereocenters. The zero-order chi connectivity index (χ0) is 26.3. The fraction of sp³-hybridized carbons (Fsp3) is 0.259. The minimum atomic E-state index is -0.330. The molecule has 1 heterocycles. The van der Waals surface area contributed by atoms with Crippen molar-refractivity contribution in [3.63, 3.8) is 0 Å². The van der Waals surface area contributed by atoms with Crippen molar-refractivity contribution in [1.82, 2.24) is 0 Å². The van der Waals surface area contributed by atoms with E-state index in [2.05, 4.69) is 33.4 Å². The Hall–Kier alpha value is -2.94. The topological polar surface area (TPSA) is 82.9 Å². The van der Waals surface area contributed by atoms with Gasteiger partial charge in [0.1, 0.15) is 12.4 Å². The minimum absolute atomic E-state index is 0.0814. The molecule has 1 N–H and O–H groups in total. The summed E-state index contributed by atoms with van der Waals surface area (Å²) in [5.74, 6) is 1.65. The predicted molar refractivity (Wildman–Crippen MR) is 147 cm³/mol. The number of nitro groups is 1. The second-order valence-corrected chi connectivity index (χ2v) is 10.5. The van der Waals surface area contributed by atoms with Crippen LogP contribution < -0.4 is 19.5 Å². The number of methoxy groups -OCH3 is 2. The van der Waals surface area contributed by atoms with Crippen LogP contribution in [0.5, 0.6) is 17.2 Å². The van der Waals surface area contributed by atoms with Crippen LogP contribution in [-0.2, 0) is 6.61 Å². The zero-order valence-electron chi connectivity index (χ0n) is 20.0. The largest absolute Gasteiger partial charge is 0.495 e. The maximum atomic E-state index is 11.8. The Labute approximate surface area is 232 Å². The van der Waals surface area contributed by atoms with E-state index in [1.165, 1.54) is 6.07 Å². The number of nitro benzene ring substituents is 1. The van der Waals surface area contributed by atoms with Crippen LogP contribution in [0.15, 0.2) is 59.1 Å². The number of anilines is 1. The highest BCUT2D eigenvalue weighted by molar-refractivity contribution is 9.10. The van der Waals surface area contributed by atoms with Crippen LogP contribution in [0, 0.1) is 16.0 Å². The molecule has 7 nitrogen and oxygen atoms in total. The molecule has 37 heavy (non-hydrogen) atoms. The van der Waals surface area contributed by atoms with E-state index in [0.29, 0.717) is 38.5 Å². The van der Waals surface area contributed by atoms with Gasteiger partial charge in [0.2, 0.25) is 0 Å².